The number of hydrogen-bond acceptors (Lipinski definition) is 4. The van der Waals surface area contributed by atoms with Crippen molar-refractivity contribution in [2.24, 2.45) is 0 Å². The molecule has 4 nitrogen and oxygen atoms in total. The molecule has 0 bridgehead atoms. The molecule has 1 heterocycles. The minimum Gasteiger partial charge on any atom is -0.350 e. The summed E-state index contributed by atoms with van der Waals surface area (Å²) in [6, 6.07) is 15.3. The van der Waals surface area contributed by atoms with Crippen molar-refractivity contribution >= 4 is 46.2 Å². The molecule has 0 radical (unpaired) electrons. The second kappa shape index (κ2) is 8.25. The van der Waals surface area contributed by atoms with Gasteiger partial charge in [0.05, 0.1) is 4.91 Å². The van der Waals surface area contributed by atoms with Gasteiger partial charge in [0.25, 0.3) is 5.91 Å². The van der Waals surface area contributed by atoms with E-state index in [-0.39, 0.29) is 24.2 Å². The van der Waals surface area contributed by atoms with Gasteiger partial charge in [0.2, 0.25) is 5.91 Å². The summed E-state index contributed by atoms with van der Waals surface area (Å²) in [5.74, 6) is -0.947. The summed E-state index contributed by atoms with van der Waals surface area (Å²) >= 11 is 6.35. The molecule has 1 fully saturated rings. The van der Waals surface area contributed by atoms with Crippen LogP contribution >= 0.6 is 24.0 Å². The van der Waals surface area contributed by atoms with Crippen LogP contribution in [0.4, 0.5) is 4.39 Å². The van der Waals surface area contributed by atoms with Gasteiger partial charge in [0.15, 0.2) is 0 Å². The molecule has 26 heavy (non-hydrogen) atoms. The average molecular weight is 386 g/mol. The molecule has 0 atom stereocenters. The predicted molar refractivity (Wildman–Crippen MR) is 105 cm³/mol. The van der Waals surface area contributed by atoms with Crippen molar-refractivity contribution in [3.05, 3.63) is 76.4 Å². The lowest BCUT2D eigenvalue weighted by atomic mass is 10.2. The lowest BCUT2D eigenvalue weighted by Gasteiger charge is -2.14. The molecule has 2 aromatic rings. The van der Waals surface area contributed by atoms with Gasteiger partial charge in [0, 0.05) is 6.54 Å². The molecule has 2 amide bonds. The zero-order valence-electron chi connectivity index (χ0n) is 13.6. The SMILES string of the molecule is O=C(CN1C(=O)/C(=C/c2ccc(F)cc2)SC1=S)NCc1ccccc1. The number of nitrogens with zero attached hydrogens (tertiary/aromatic N) is 1. The lowest BCUT2D eigenvalue weighted by molar-refractivity contribution is -0.128. The Kier molecular flexibility index (Phi) is 5.80. The van der Waals surface area contributed by atoms with E-state index in [0.29, 0.717) is 21.3 Å². The van der Waals surface area contributed by atoms with E-state index in [0.717, 1.165) is 17.3 Å². The highest BCUT2D eigenvalue weighted by Gasteiger charge is 2.33. The van der Waals surface area contributed by atoms with Crippen molar-refractivity contribution in [3.63, 3.8) is 0 Å². The van der Waals surface area contributed by atoms with Gasteiger partial charge in [-0.15, -0.1) is 0 Å². The molecule has 3 rings (SSSR count). The second-order valence-electron chi connectivity index (χ2n) is 5.58. The third kappa shape index (κ3) is 4.56. The van der Waals surface area contributed by atoms with Gasteiger partial charge in [-0.05, 0) is 29.3 Å². The Morgan fingerprint density at radius 3 is 2.54 bits per heavy atom. The molecule has 0 unspecified atom stereocenters. The van der Waals surface area contributed by atoms with Gasteiger partial charge in [0.1, 0.15) is 16.7 Å². The number of halogens is 1. The summed E-state index contributed by atoms with van der Waals surface area (Å²) in [5, 5.41) is 2.77. The summed E-state index contributed by atoms with van der Waals surface area (Å²) in [6.45, 7) is 0.262. The van der Waals surface area contributed by atoms with Crippen LogP contribution in [-0.4, -0.2) is 27.6 Å². The first-order valence-electron chi connectivity index (χ1n) is 7.84. The highest BCUT2D eigenvalue weighted by molar-refractivity contribution is 8.26. The van der Waals surface area contributed by atoms with Crippen LogP contribution in [0.3, 0.4) is 0 Å². The fourth-order valence-electron chi connectivity index (χ4n) is 2.34. The second-order valence-corrected chi connectivity index (χ2v) is 7.26. The Balaban J connectivity index is 1.61. The minimum atomic E-state index is -0.343. The van der Waals surface area contributed by atoms with Crippen molar-refractivity contribution < 1.29 is 14.0 Å². The zero-order valence-corrected chi connectivity index (χ0v) is 15.3. The summed E-state index contributed by atoms with van der Waals surface area (Å²) in [6.07, 6.45) is 1.64. The number of amides is 2. The van der Waals surface area contributed by atoms with E-state index in [1.807, 2.05) is 30.3 Å². The number of nitrogens with one attached hydrogen (secondary N) is 1. The Labute approximate surface area is 160 Å². The number of benzene rings is 2. The van der Waals surface area contributed by atoms with E-state index in [1.165, 1.54) is 17.0 Å². The van der Waals surface area contributed by atoms with Crippen LogP contribution in [0.25, 0.3) is 6.08 Å². The first-order valence-corrected chi connectivity index (χ1v) is 9.07. The van der Waals surface area contributed by atoms with Gasteiger partial charge in [-0.25, -0.2) is 4.39 Å². The summed E-state index contributed by atoms with van der Waals surface area (Å²) < 4.78 is 13.3. The Hall–Kier alpha value is -2.51. The Morgan fingerprint density at radius 2 is 1.85 bits per heavy atom. The highest BCUT2D eigenvalue weighted by Crippen LogP contribution is 2.32. The maximum absolute atomic E-state index is 13.0. The van der Waals surface area contributed by atoms with E-state index < -0.39 is 0 Å². The normalized spacial score (nSPS) is 15.6. The van der Waals surface area contributed by atoms with E-state index >= 15 is 0 Å². The molecule has 1 aliphatic heterocycles. The third-order valence-corrected chi connectivity index (χ3v) is 5.05. The van der Waals surface area contributed by atoms with E-state index in [1.54, 1.807) is 18.2 Å². The highest BCUT2D eigenvalue weighted by atomic mass is 32.2. The average Bonchev–Trinajstić information content (AvgIpc) is 2.90. The van der Waals surface area contributed by atoms with Crippen LogP contribution in [0, 0.1) is 5.82 Å². The molecule has 0 spiro atoms. The molecular formula is C19H15FN2O2S2. The van der Waals surface area contributed by atoms with Gasteiger partial charge in [-0.3, -0.25) is 14.5 Å². The number of rotatable bonds is 5. The van der Waals surface area contributed by atoms with Gasteiger partial charge in [-0.2, -0.15) is 0 Å². The van der Waals surface area contributed by atoms with Gasteiger partial charge < -0.3 is 5.32 Å². The van der Waals surface area contributed by atoms with Crippen molar-refractivity contribution in [1.29, 1.82) is 0 Å². The lowest BCUT2D eigenvalue weighted by Crippen LogP contribution is -2.39. The quantitative estimate of drug-likeness (QED) is 0.633. The van der Waals surface area contributed by atoms with Gasteiger partial charge in [-0.1, -0.05) is 66.4 Å². The number of carbonyl (C=O) groups is 2. The topological polar surface area (TPSA) is 49.4 Å². The first-order chi connectivity index (χ1) is 12.5. The van der Waals surface area contributed by atoms with Crippen LogP contribution in [0.2, 0.25) is 0 Å². The molecule has 0 saturated carbocycles. The predicted octanol–water partition coefficient (Wildman–Crippen LogP) is 3.34. The number of thiocarbonyl (C=S) groups is 1. The van der Waals surface area contributed by atoms with Gasteiger partial charge >= 0.3 is 0 Å². The fourth-order valence-corrected chi connectivity index (χ4v) is 3.60. The largest absolute Gasteiger partial charge is 0.350 e. The van der Waals surface area contributed by atoms with E-state index in [9.17, 15) is 14.0 Å². The molecule has 1 saturated heterocycles. The Morgan fingerprint density at radius 1 is 1.15 bits per heavy atom. The molecule has 0 aromatic heterocycles. The smallest absolute Gasteiger partial charge is 0.266 e. The maximum Gasteiger partial charge on any atom is 0.266 e. The van der Waals surface area contributed by atoms with E-state index in [4.69, 9.17) is 12.2 Å². The fraction of sp³-hybridized carbons (Fsp3) is 0.105. The van der Waals surface area contributed by atoms with Crippen molar-refractivity contribution in [3.8, 4) is 0 Å². The standard InChI is InChI=1S/C19H15FN2O2S2/c20-15-8-6-13(7-9-15)10-16-18(24)22(19(25)26-16)12-17(23)21-11-14-4-2-1-3-5-14/h1-10H,11-12H2,(H,21,23)/b16-10-. The molecule has 1 aliphatic rings. The molecular weight excluding hydrogens is 371 g/mol. The maximum atomic E-state index is 13.0. The van der Waals surface area contributed by atoms with Crippen LogP contribution in [0.1, 0.15) is 11.1 Å². The number of hydrogen-bond donors (Lipinski definition) is 1. The number of thioether (sulfide) groups is 1. The molecule has 7 heteroatoms. The van der Waals surface area contributed by atoms with E-state index in [2.05, 4.69) is 5.32 Å². The van der Waals surface area contributed by atoms with Crippen molar-refractivity contribution in [2.75, 3.05) is 6.54 Å². The van der Waals surface area contributed by atoms with Crippen LogP contribution in [-0.2, 0) is 16.1 Å². The first kappa shape index (κ1) is 18.3. The van der Waals surface area contributed by atoms with Crippen LogP contribution in [0.5, 0.6) is 0 Å². The summed E-state index contributed by atoms with van der Waals surface area (Å²) in [5.41, 5.74) is 1.67. The Bertz CT molecular complexity index is 867. The minimum absolute atomic E-state index is 0.127. The number of carbonyl (C=O) groups excluding carboxylic acids is 2. The molecule has 1 N–H and O–H groups in total. The summed E-state index contributed by atoms with van der Waals surface area (Å²) in [7, 11) is 0. The van der Waals surface area contributed by atoms with Crippen LogP contribution < -0.4 is 5.32 Å². The summed E-state index contributed by atoms with van der Waals surface area (Å²) in [4.78, 5) is 26.3. The molecule has 2 aromatic carbocycles. The third-order valence-electron chi connectivity index (χ3n) is 3.68. The van der Waals surface area contributed by atoms with Crippen molar-refractivity contribution in [2.45, 2.75) is 6.54 Å². The zero-order chi connectivity index (χ0) is 18.5. The monoisotopic (exact) mass is 386 g/mol. The van der Waals surface area contributed by atoms with Crippen molar-refractivity contribution in [1.82, 2.24) is 10.2 Å². The molecule has 0 aliphatic carbocycles. The molecule has 132 valence electrons. The van der Waals surface area contributed by atoms with Crippen LogP contribution in [0.15, 0.2) is 59.5 Å².